The number of hydrogen-bond donors (Lipinski definition) is 3. The molecule has 2 aliphatic rings. The fourth-order valence-electron chi connectivity index (χ4n) is 2.67. The van der Waals surface area contributed by atoms with Crippen LogP contribution in [0, 0.1) is 23.5 Å². The van der Waals surface area contributed by atoms with Gasteiger partial charge < -0.3 is 15.7 Å². The average molecular weight is 310 g/mol. The van der Waals surface area contributed by atoms with Gasteiger partial charge in [0, 0.05) is 12.1 Å². The van der Waals surface area contributed by atoms with E-state index < -0.39 is 29.8 Å². The Bertz CT molecular complexity index is 559. The lowest BCUT2D eigenvalue weighted by atomic mass is 10.0. The lowest BCUT2D eigenvalue weighted by Gasteiger charge is -2.20. The zero-order valence-corrected chi connectivity index (χ0v) is 12.2. The molecular formula is C16H20F2N2O2. The summed E-state index contributed by atoms with van der Waals surface area (Å²) in [7, 11) is 0. The molecule has 2 amide bonds. The molecule has 3 rings (SSSR count). The van der Waals surface area contributed by atoms with E-state index in [0.29, 0.717) is 0 Å². The molecule has 2 aliphatic carbocycles. The topological polar surface area (TPSA) is 61.4 Å². The van der Waals surface area contributed by atoms with E-state index in [2.05, 4.69) is 10.6 Å². The first-order chi connectivity index (χ1) is 10.5. The summed E-state index contributed by atoms with van der Waals surface area (Å²) in [5.74, 6) is -0.624. The summed E-state index contributed by atoms with van der Waals surface area (Å²) in [4.78, 5) is 12.0. The van der Waals surface area contributed by atoms with Crippen molar-refractivity contribution in [2.24, 2.45) is 11.8 Å². The third kappa shape index (κ3) is 3.74. The van der Waals surface area contributed by atoms with E-state index in [9.17, 15) is 18.7 Å². The number of aliphatic hydroxyl groups is 1. The minimum absolute atomic E-state index is 0.135. The van der Waals surface area contributed by atoms with Gasteiger partial charge in [-0.05, 0) is 55.7 Å². The van der Waals surface area contributed by atoms with Gasteiger partial charge >= 0.3 is 6.03 Å². The van der Waals surface area contributed by atoms with Crippen molar-refractivity contribution in [2.75, 3.05) is 6.54 Å². The summed E-state index contributed by atoms with van der Waals surface area (Å²) in [6.45, 7) is 0.180. The second-order valence-corrected chi connectivity index (χ2v) is 6.24. The van der Waals surface area contributed by atoms with Gasteiger partial charge in [-0.25, -0.2) is 13.6 Å². The van der Waals surface area contributed by atoms with Crippen molar-refractivity contribution < 1.29 is 18.7 Å². The zero-order valence-electron chi connectivity index (χ0n) is 12.2. The van der Waals surface area contributed by atoms with E-state index in [-0.39, 0.29) is 23.9 Å². The van der Waals surface area contributed by atoms with Crippen LogP contribution in [0.15, 0.2) is 18.2 Å². The first-order valence-corrected chi connectivity index (χ1v) is 7.72. The van der Waals surface area contributed by atoms with Gasteiger partial charge in [-0.15, -0.1) is 0 Å². The number of benzene rings is 1. The predicted octanol–water partition coefficient (Wildman–Crippen LogP) is 2.49. The van der Waals surface area contributed by atoms with Crippen molar-refractivity contribution in [3.05, 3.63) is 35.4 Å². The van der Waals surface area contributed by atoms with Crippen LogP contribution in [-0.2, 0) is 0 Å². The molecule has 0 spiro atoms. The standard InChI is InChI=1S/C16H20F2N2O2/c17-11-5-6-13(18)12(7-11)15(10-3-4-10)20-16(22)19-8-14(21)9-1-2-9/h5-7,9-10,14-15,21H,1-4,8H2,(H2,19,20,22)/t14-,15+/m0/s1. The number of nitrogens with one attached hydrogen (secondary N) is 2. The van der Waals surface area contributed by atoms with Gasteiger partial charge in [0.1, 0.15) is 11.6 Å². The SMILES string of the molecule is O=C(NC[C@H](O)C1CC1)N[C@@H](c1cc(F)ccc1F)C1CC1. The Balaban J connectivity index is 1.61. The molecule has 4 nitrogen and oxygen atoms in total. The Kier molecular flexibility index (Phi) is 4.29. The Labute approximate surface area is 127 Å². The van der Waals surface area contributed by atoms with Gasteiger partial charge in [-0.2, -0.15) is 0 Å². The highest BCUT2D eigenvalue weighted by Gasteiger charge is 2.35. The van der Waals surface area contributed by atoms with E-state index in [1.54, 1.807) is 0 Å². The number of halogens is 2. The molecule has 6 heteroatoms. The maximum Gasteiger partial charge on any atom is 0.315 e. The molecule has 0 unspecified atom stereocenters. The maximum atomic E-state index is 13.9. The van der Waals surface area contributed by atoms with Gasteiger partial charge in [0.05, 0.1) is 12.1 Å². The summed E-state index contributed by atoms with van der Waals surface area (Å²) in [5.41, 5.74) is 0.181. The monoisotopic (exact) mass is 310 g/mol. The highest BCUT2D eigenvalue weighted by molar-refractivity contribution is 5.74. The average Bonchev–Trinajstić information content (AvgIpc) is 3.37. The summed E-state index contributed by atoms with van der Waals surface area (Å²) in [6.07, 6.45) is 3.21. The number of amides is 2. The molecule has 0 aromatic heterocycles. The molecule has 120 valence electrons. The van der Waals surface area contributed by atoms with E-state index in [1.807, 2.05) is 0 Å². The summed E-state index contributed by atoms with van der Waals surface area (Å²) in [5, 5.41) is 15.1. The molecule has 0 saturated heterocycles. The molecule has 0 bridgehead atoms. The maximum absolute atomic E-state index is 13.9. The normalized spacial score (nSPS) is 20.3. The van der Waals surface area contributed by atoms with Gasteiger partial charge in [-0.1, -0.05) is 0 Å². The van der Waals surface area contributed by atoms with Gasteiger partial charge in [0.2, 0.25) is 0 Å². The van der Waals surface area contributed by atoms with E-state index >= 15 is 0 Å². The third-order valence-corrected chi connectivity index (χ3v) is 4.31. The van der Waals surface area contributed by atoms with E-state index in [4.69, 9.17) is 0 Å². The number of aliphatic hydroxyl groups excluding tert-OH is 1. The molecule has 1 aromatic rings. The number of carbonyl (C=O) groups excluding carboxylic acids is 1. The minimum atomic E-state index is -0.534. The first-order valence-electron chi connectivity index (χ1n) is 7.72. The molecule has 0 aliphatic heterocycles. The van der Waals surface area contributed by atoms with Crippen LogP contribution < -0.4 is 10.6 Å². The molecule has 2 fully saturated rings. The van der Waals surface area contributed by atoms with Crippen LogP contribution in [0.4, 0.5) is 13.6 Å². The smallest absolute Gasteiger partial charge is 0.315 e. The van der Waals surface area contributed by atoms with Crippen molar-refractivity contribution in [2.45, 2.75) is 37.8 Å². The molecule has 2 atom stereocenters. The molecule has 0 radical (unpaired) electrons. The largest absolute Gasteiger partial charge is 0.391 e. The van der Waals surface area contributed by atoms with Gasteiger partial charge in [0.15, 0.2) is 0 Å². The Morgan fingerprint density at radius 1 is 1.23 bits per heavy atom. The quantitative estimate of drug-likeness (QED) is 0.756. The lowest BCUT2D eigenvalue weighted by molar-refractivity contribution is 0.148. The molecule has 22 heavy (non-hydrogen) atoms. The van der Waals surface area contributed by atoms with Crippen LogP contribution in [0.3, 0.4) is 0 Å². The summed E-state index contributed by atoms with van der Waals surface area (Å²) in [6, 6.07) is 2.29. The Morgan fingerprint density at radius 2 is 1.91 bits per heavy atom. The van der Waals surface area contributed by atoms with Crippen molar-refractivity contribution in [3.63, 3.8) is 0 Å². The fourth-order valence-corrected chi connectivity index (χ4v) is 2.67. The Hall–Kier alpha value is -1.69. The number of urea groups is 1. The van der Waals surface area contributed by atoms with Crippen molar-refractivity contribution >= 4 is 6.03 Å². The predicted molar refractivity (Wildman–Crippen MR) is 77.1 cm³/mol. The third-order valence-electron chi connectivity index (χ3n) is 4.31. The van der Waals surface area contributed by atoms with Crippen LogP contribution in [-0.4, -0.2) is 23.8 Å². The summed E-state index contributed by atoms with van der Waals surface area (Å²) < 4.78 is 27.3. The molecular weight excluding hydrogens is 290 g/mol. The first kappa shape index (κ1) is 15.2. The molecule has 1 aromatic carbocycles. The highest BCUT2D eigenvalue weighted by Crippen LogP contribution is 2.41. The van der Waals surface area contributed by atoms with E-state index in [0.717, 1.165) is 43.9 Å². The van der Waals surface area contributed by atoms with Crippen LogP contribution in [0.5, 0.6) is 0 Å². The van der Waals surface area contributed by atoms with Crippen molar-refractivity contribution in [3.8, 4) is 0 Å². The highest BCUT2D eigenvalue weighted by atomic mass is 19.1. The van der Waals surface area contributed by atoms with Crippen LogP contribution >= 0.6 is 0 Å². The second-order valence-electron chi connectivity index (χ2n) is 6.24. The van der Waals surface area contributed by atoms with E-state index in [1.165, 1.54) is 0 Å². The zero-order chi connectivity index (χ0) is 15.7. The van der Waals surface area contributed by atoms with Crippen LogP contribution in [0.1, 0.15) is 37.3 Å². The number of hydrogen-bond acceptors (Lipinski definition) is 2. The van der Waals surface area contributed by atoms with Crippen LogP contribution in [0.2, 0.25) is 0 Å². The Morgan fingerprint density at radius 3 is 2.55 bits per heavy atom. The lowest BCUT2D eigenvalue weighted by Crippen LogP contribution is -2.42. The summed E-state index contributed by atoms with van der Waals surface area (Å²) >= 11 is 0. The van der Waals surface area contributed by atoms with Crippen LogP contribution in [0.25, 0.3) is 0 Å². The van der Waals surface area contributed by atoms with Gasteiger partial charge in [-0.3, -0.25) is 0 Å². The number of rotatable bonds is 6. The number of carbonyl (C=O) groups is 1. The second kappa shape index (κ2) is 6.20. The van der Waals surface area contributed by atoms with Gasteiger partial charge in [0.25, 0.3) is 0 Å². The molecule has 2 saturated carbocycles. The fraction of sp³-hybridized carbons (Fsp3) is 0.562. The van der Waals surface area contributed by atoms with Crippen molar-refractivity contribution in [1.82, 2.24) is 10.6 Å². The minimum Gasteiger partial charge on any atom is -0.391 e. The molecule has 0 heterocycles. The molecule has 3 N–H and O–H groups in total. The van der Waals surface area contributed by atoms with Crippen molar-refractivity contribution in [1.29, 1.82) is 0 Å².